The Labute approximate surface area is 255 Å². The van der Waals surface area contributed by atoms with Crippen LogP contribution >= 0.6 is 23.2 Å². The molecule has 2 aromatic heterocycles. The van der Waals surface area contributed by atoms with Crippen molar-refractivity contribution in [2.75, 3.05) is 32.8 Å². The minimum Gasteiger partial charge on any atom is -0.395 e. The van der Waals surface area contributed by atoms with Crippen LogP contribution in [0.4, 0.5) is 0 Å². The molecule has 3 aromatic rings. The Morgan fingerprint density at radius 2 is 1.98 bits per heavy atom. The average Bonchev–Trinajstić information content (AvgIpc) is 3.60. The van der Waals surface area contributed by atoms with E-state index in [1.165, 1.54) is 0 Å². The molecule has 11 nitrogen and oxygen atoms in total. The van der Waals surface area contributed by atoms with Crippen LogP contribution in [0.3, 0.4) is 0 Å². The standard InChI is InChI=1S/C29H39Cl2N9O2/c1-18-3-2-4-26(23-11-19(7-8-32-23)29-24(33-14-18)15-35-39(29)9-10-41)38-17-34-22(13-28(38)42)21-12-20(30)5-6-25(21)40-16-27(31)36-37-40/h5-6,12-13,16-19,23-24,26,29,32-33,35,41H,2-4,7-11,14-15H2,1H3/t18-,19?,23?,24?,26+,29?/m1/s1. The highest BCUT2D eigenvalue weighted by Crippen LogP contribution is 2.34. The van der Waals surface area contributed by atoms with Crippen LogP contribution in [0.25, 0.3) is 16.9 Å². The van der Waals surface area contributed by atoms with Crippen molar-refractivity contribution in [3.63, 3.8) is 0 Å². The van der Waals surface area contributed by atoms with E-state index >= 15 is 0 Å². The highest BCUT2D eigenvalue weighted by Gasteiger charge is 2.42. The second-order valence-electron chi connectivity index (χ2n) is 11.9. The Hall–Kier alpha value is -2.38. The zero-order chi connectivity index (χ0) is 29.2. The SMILES string of the molecule is C[C@@H]1CCC[C@H](n2cnc(-c3cc(Cl)ccc3-n3cc(Cl)nn3)cc2=O)C2CC(CCN2)C2C(CNN2CCO)NC1. The molecule has 42 heavy (non-hydrogen) atoms. The quantitative estimate of drug-likeness (QED) is 0.343. The highest BCUT2D eigenvalue weighted by molar-refractivity contribution is 6.31. The molecule has 4 unspecified atom stereocenters. The van der Waals surface area contributed by atoms with E-state index in [4.69, 9.17) is 28.2 Å². The fraction of sp³-hybridized carbons (Fsp3) is 0.586. The van der Waals surface area contributed by atoms with E-state index in [9.17, 15) is 9.90 Å². The first-order valence-corrected chi connectivity index (χ1v) is 15.7. The third kappa shape index (κ3) is 6.28. The molecule has 0 spiro atoms. The second-order valence-corrected chi connectivity index (χ2v) is 12.7. The predicted octanol–water partition coefficient (Wildman–Crippen LogP) is 2.67. The number of piperidine rings is 1. The Morgan fingerprint density at radius 3 is 2.76 bits per heavy atom. The second kappa shape index (κ2) is 13.1. The number of β-amino-alcohol motifs (C(OH)–C–C–N with tert-alkyl or cyclic N) is 1. The minimum atomic E-state index is -0.0967. The Kier molecular flexibility index (Phi) is 9.25. The molecule has 3 fully saturated rings. The number of hydrogen-bond donors (Lipinski definition) is 4. The van der Waals surface area contributed by atoms with Gasteiger partial charge < -0.3 is 15.7 Å². The normalized spacial score (nSPS) is 29.0. The van der Waals surface area contributed by atoms with Crippen LogP contribution in [-0.4, -0.2) is 85.6 Å². The van der Waals surface area contributed by atoms with Crippen molar-refractivity contribution in [2.24, 2.45) is 11.8 Å². The van der Waals surface area contributed by atoms with Gasteiger partial charge in [-0.15, -0.1) is 5.10 Å². The summed E-state index contributed by atoms with van der Waals surface area (Å²) in [5, 5.41) is 28.3. The molecular formula is C29H39Cl2N9O2. The fourth-order valence-corrected chi connectivity index (χ4v) is 7.40. The van der Waals surface area contributed by atoms with E-state index in [0.717, 1.165) is 51.7 Å². The number of hydrazine groups is 1. The predicted molar refractivity (Wildman–Crippen MR) is 163 cm³/mol. The van der Waals surface area contributed by atoms with E-state index in [1.54, 1.807) is 35.4 Å². The van der Waals surface area contributed by atoms with Crippen LogP contribution < -0.4 is 21.6 Å². The molecular weight excluding hydrogens is 577 g/mol. The number of halogens is 2. The maximum absolute atomic E-state index is 13.8. The largest absolute Gasteiger partial charge is 0.395 e. The van der Waals surface area contributed by atoms with Gasteiger partial charge in [0.25, 0.3) is 5.56 Å². The number of nitrogens with one attached hydrogen (secondary N) is 3. The Morgan fingerprint density at radius 1 is 1.10 bits per heavy atom. The van der Waals surface area contributed by atoms with Crippen LogP contribution in [0, 0.1) is 11.8 Å². The molecule has 0 radical (unpaired) electrons. The molecule has 1 aromatic carbocycles. The van der Waals surface area contributed by atoms with Gasteiger partial charge in [0.05, 0.1) is 36.6 Å². The van der Waals surface area contributed by atoms with Crippen LogP contribution in [0.5, 0.6) is 0 Å². The van der Waals surface area contributed by atoms with Crippen molar-refractivity contribution in [1.29, 1.82) is 0 Å². The number of nitrogens with zero attached hydrogens (tertiary/aromatic N) is 6. The molecule has 0 aliphatic carbocycles. The zero-order valence-electron chi connectivity index (χ0n) is 23.8. The van der Waals surface area contributed by atoms with Crippen LogP contribution in [0.1, 0.15) is 45.1 Å². The van der Waals surface area contributed by atoms with Gasteiger partial charge in [-0.25, -0.2) is 14.7 Å². The lowest BCUT2D eigenvalue weighted by molar-refractivity contribution is 0.0718. The third-order valence-corrected chi connectivity index (χ3v) is 9.53. The lowest BCUT2D eigenvalue weighted by Crippen LogP contribution is -2.55. The van der Waals surface area contributed by atoms with Gasteiger partial charge in [-0.3, -0.25) is 14.8 Å². The summed E-state index contributed by atoms with van der Waals surface area (Å²) >= 11 is 12.4. The number of fused-ring (bicyclic) bond motifs is 4. The number of hydrogen-bond acceptors (Lipinski definition) is 9. The lowest BCUT2D eigenvalue weighted by atomic mass is 9.79. The van der Waals surface area contributed by atoms with E-state index < -0.39 is 0 Å². The molecule has 2 bridgehead atoms. The van der Waals surface area contributed by atoms with Gasteiger partial charge in [-0.05, 0) is 68.8 Å². The molecule has 3 aliphatic rings. The monoisotopic (exact) mass is 615 g/mol. The molecule has 5 heterocycles. The van der Waals surface area contributed by atoms with E-state index in [0.29, 0.717) is 46.4 Å². The zero-order valence-corrected chi connectivity index (χ0v) is 25.3. The van der Waals surface area contributed by atoms with Gasteiger partial charge in [-0.1, -0.05) is 41.8 Å². The van der Waals surface area contributed by atoms with E-state index in [-0.39, 0.29) is 35.4 Å². The van der Waals surface area contributed by atoms with Gasteiger partial charge in [0.1, 0.15) is 0 Å². The summed E-state index contributed by atoms with van der Waals surface area (Å²) in [6.07, 6.45) is 8.31. The van der Waals surface area contributed by atoms with Crippen LogP contribution in [0.2, 0.25) is 10.2 Å². The topological polar surface area (TPSA) is 125 Å². The molecule has 226 valence electrons. The Bertz CT molecular complexity index is 1430. The molecule has 0 saturated carbocycles. The van der Waals surface area contributed by atoms with Crippen LogP contribution in [-0.2, 0) is 0 Å². The molecule has 6 rings (SSSR count). The van der Waals surface area contributed by atoms with Gasteiger partial charge in [0.2, 0.25) is 0 Å². The number of benzene rings is 1. The van der Waals surface area contributed by atoms with Crippen molar-refractivity contribution in [1.82, 2.24) is 45.6 Å². The maximum atomic E-state index is 13.8. The molecule has 13 heteroatoms. The third-order valence-electron chi connectivity index (χ3n) is 9.12. The Balaban J connectivity index is 1.32. The summed E-state index contributed by atoms with van der Waals surface area (Å²) in [6.45, 7) is 5.74. The van der Waals surface area contributed by atoms with Crippen molar-refractivity contribution >= 4 is 23.2 Å². The first kappa shape index (κ1) is 29.7. The fourth-order valence-electron chi connectivity index (χ4n) is 7.10. The average molecular weight is 617 g/mol. The van der Waals surface area contributed by atoms with Crippen molar-refractivity contribution in [3.8, 4) is 16.9 Å². The van der Waals surface area contributed by atoms with Gasteiger partial charge in [0.15, 0.2) is 5.15 Å². The number of aliphatic hydroxyl groups is 1. The minimum absolute atomic E-state index is 0.0199. The molecule has 0 amide bonds. The van der Waals surface area contributed by atoms with Crippen LogP contribution in [0.15, 0.2) is 41.6 Å². The molecule has 3 saturated heterocycles. The highest BCUT2D eigenvalue weighted by atomic mass is 35.5. The smallest absolute Gasteiger partial charge is 0.254 e. The van der Waals surface area contributed by atoms with Gasteiger partial charge in [-0.2, -0.15) is 0 Å². The van der Waals surface area contributed by atoms with Gasteiger partial charge in [0, 0.05) is 47.9 Å². The van der Waals surface area contributed by atoms with E-state index in [2.05, 4.69) is 38.3 Å². The van der Waals surface area contributed by atoms with Gasteiger partial charge >= 0.3 is 0 Å². The molecule has 3 aliphatic heterocycles. The number of rotatable bonds is 5. The first-order valence-electron chi connectivity index (χ1n) is 15.0. The maximum Gasteiger partial charge on any atom is 0.254 e. The van der Waals surface area contributed by atoms with E-state index in [1.807, 2.05) is 10.6 Å². The lowest BCUT2D eigenvalue weighted by Gasteiger charge is -2.42. The van der Waals surface area contributed by atoms with Crippen molar-refractivity contribution < 1.29 is 5.11 Å². The summed E-state index contributed by atoms with van der Waals surface area (Å²) in [4.78, 5) is 18.6. The van der Waals surface area contributed by atoms with Crippen molar-refractivity contribution in [3.05, 3.63) is 57.3 Å². The summed E-state index contributed by atoms with van der Waals surface area (Å²) in [6, 6.07) is 7.69. The summed E-state index contributed by atoms with van der Waals surface area (Å²) in [5.74, 6) is 0.952. The first-order chi connectivity index (χ1) is 20.4. The number of aromatic nitrogens is 5. The summed E-state index contributed by atoms with van der Waals surface area (Å²) in [5.41, 5.74) is 5.31. The summed E-state index contributed by atoms with van der Waals surface area (Å²) < 4.78 is 3.38. The molecule has 4 N–H and O–H groups in total. The van der Waals surface area contributed by atoms with Crippen molar-refractivity contribution in [2.45, 2.75) is 63.2 Å². The number of aliphatic hydroxyl groups excluding tert-OH is 1. The molecule has 6 atom stereocenters. The summed E-state index contributed by atoms with van der Waals surface area (Å²) in [7, 11) is 0.